The number of carbonyl (C=O) groups excluding carboxylic acids is 1. The smallest absolute Gasteiger partial charge is 0.241 e. The van der Waals surface area contributed by atoms with E-state index in [2.05, 4.69) is 29.1 Å². The van der Waals surface area contributed by atoms with Gasteiger partial charge in [0.2, 0.25) is 5.91 Å². The molecule has 0 aromatic carbocycles. The number of likely N-dealkylation sites (tertiary alicyclic amines) is 2. The maximum absolute atomic E-state index is 12.1. The Morgan fingerprint density at radius 2 is 1.91 bits per heavy atom. The van der Waals surface area contributed by atoms with E-state index in [1.54, 1.807) is 7.05 Å². The second-order valence-corrected chi connectivity index (χ2v) is 6.72. The maximum atomic E-state index is 12.1. The van der Waals surface area contributed by atoms with Crippen molar-refractivity contribution in [3.8, 4) is 0 Å². The largest absolute Gasteiger partial charge is 0.347 e. The van der Waals surface area contributed by atoms with Gasteiger partial charge < -0.3 is 15.1 Å². The zero-order valence-corrected chi connectivity index (χ0v) is 16.5. The van der Waals surface area contributed by atoms with Crippen molar-refractivity contribution in [3.05, 3.63) is 0 Å². The number of amides is 1. The molecule has 1 N–H and O–H groups in total. The summed E-state index contributed by atoms with van der Waals surface area (Å²) in [7, 11) is 1.80. The van der Waals surface area contributed by atoms with Gasteiger partial charge in [0, 0.05) is 33.2 Å². The van der Waals surface area contributed by atoms with E-state index in [1.165, 1.54) is 12.8 Å². The van der Waals surface area contributed by atoms with Gasteiger partial charge in [-0.3, -0.25) is 9.79 Å². The summed E-state index contributed by atoms with van der Waals surface area (Å²) >= 11 is 0. The van der Waals surface area contributed by atoms with Crippen LogP contribution in [0.15, 0.2) is 4.99 Å². The van der Waals surface area contributed by atoms with E-state index in [4.69, 9.17) is 0 Å². The molecule has 2 saturated heterocycles. The molecule has 0 spiro atoms. The lowest BCUT2D eigenvalue weighted by Gasteiger charge is -2.23. The fraction of sp³-hybridized carbons (Fsp3) is 0.875. The minimum absolute atomic E-state index is 0. The van der Waals surface area contributed by atoms with Crippen LogP contribution in [0.25, 0.3) is 0 Å². The van der Waals surface area contributed by atoms with Crippen molar-refractivity contribution >= 4 is 35.8 Å². The number of hydrogen-bond acceptors (Lipinski definition) is 2. The van der Waals surface area contributed by atoms with E-state index < -0.39 is 0 Å². The predicted octanol–water partition coefficient (Wildman–Crippen LogP) is 2.17. The van der Waals surface area contributed by atoms with Gasteiger partial charge in [-0.1, -0.05) is 13.8 Å². The number of nitrogens with one attached hydrogen (secondary N) is 1. The number of nitrogens with zero attached hydrogens (tertiary/aromatic N) is 3. The molecule has 1 amide bonds. The number of hydrogen-bond donors (Lipinski definition) is 1. The summed E-state index contributed by atoms with van der Waals surface area (Å²) in [5.41, 5.74) is 0. The van der Waals surface area contributed by atoms with Crippen LogP contribution >= 0.6 is 24.0 Å². The zero-order chi connectivity index (χ0) is 15.2. The third-order valence-corrected chi connectivity index (χ3v) is 4.46. The molecule has 0 aromatic rings. The third kappa shape index (κ3) is 5.59. The lowest BCUT2D eigenvalue weighted by Crippen LogP contribution is -2.45. The van der Waals surface area contributed by atoms with Crippen molar-refractivity contribution in [2.75, 3.05) is 39.8 Å². The van der Waals surface area contributed by atoms with E-state index in [9.17, 15) is 4.79 Å². The molecule has 2 fully saturated rings. The van der Waals surface area contributed by atoms with Crippen LogP contribution in [0.5, 0.6) is 0 Å². The summed E-state index contributed by atoms with van der Waals surface area (Å²) in [6.45, 7) is 8.89. The van der Waals surface area contributed by atoms with Gasteiger partial charge in [-0.2, -0.15) is 0 Å². The quantitative estimate of drug-likeness (QED) is 0.429. The Balaban J connectivity index is 0.00000242. The Kier molecular flexibility index (Phi) is 8.49. The van der Waals surface area contributed by atoms with Crippen molar-refractivity contribution < 1.29 is 4.79 Å². The van der Waals surface area contributed by atoms with Crippen molar-refractivity contribution in [2.45, 2.75) is 39.5 Å². The van der Waals surface area contributed by atoms with Gasteiger partial charge in [0.15, 0.2) is 5.96 Å². The summed E-state index contributed by atoms with van der Waals surface area (Å²) in [4.78, 5) is 20.7. The monoisotopic (exact) mass is 422 g/mol. The summed E-state index contributed by atoms with van der Waals surface area (Å²) in [5, 5.41) is 3.25. The van der Waals surface area contributed by atoms with Crippen LogP contribution in [0.2, 0.25) is 0 Å². The molecule has 0 aliphatic carbocycles. The van der Waals surface area contributed by atoms with Crippen molar-refractivity contribution in [2.24, 2.45) is 16.8 Å². The first-order valence-corrected chi connectivity index (χ1v) is 8.33. The van der Waals surface area contributed by atoms with Gasteiger partial charge in [-0.15, -0.1) is 24.0 Å². The molecule has 22 heavy (non-hydrogen) atoms. The molecule has 1 atom stereocenters. The highest BCUT2D eigenvalue weighted by Crippen LogP contribution is 2.23. The minimum Gasteiger partial charge on any atom is -0.347 e. The summed E-state index contributed by atoms with van der Waals surface area (Å²) in [5.74, 6) is 2.60. The Labute approximate surface area is 151 Å². The topological polar surface area (TPSA) is 47.9 Å². The molecule has 6 heteroatoms. The molecule has 0 saturated carbocycles. The molecule has 0 aromatic heterocycles. The van der Waals surface area contributed by atoms with Crippen LogP contribution in [0.3, 0.4) is 0 Å². The first-order valence-electron chi connectivity index (χ1n) is 8.33. The second kappa shape index (κ2) is 9.57. The van der Waals surface area contributed by atoms with Gasteiger partial charge in [0.05, 0.1) is 6.54 Å². The summed E-state index contributed by atoms with van der Waals surface area (Å²) in [6.07, 6.45) is 4.80. The average molecular weight is 422 g/mol. The standard InChI is InChI=1S/C16H30N4O.HI/c1-13(2)10-14-6-9-20(12-14)16(17-3)18-11-15(21)19-7-4-5-8-19;/h13-14H,4-12H2,1-3H3,(H,17,18);1H. The highest BCUT2D eigenvalue weighted by molar-refractivity contribution is 14.0. The van der Waals surface area contributed by atoms with Crippen molar-refractivity contribution in [3.63, 3.8) is 0 Å². The van der Waals surface area contributed by atoms with Gasteiger partial charge in [0.1, 0.15) is 0 Å². The Morgan fingerprint density at radius 1 is 1.23 bits per heavy atom. The molecule has 2 heterocycles. The Bertz CT molecular complexity index is 380. The summed E-state index contributed by atoms with van der Waals surface area (Å²) < 4.78 is 0. The van der Waals surface area contributed by atoms with E-state index in [-0.39, 0.29) is 29.9 Å². The van der Waals surface area contributed by atoms with E-state index in [0.717, 1.165) is 56.8 Å². The van der Waals surface area contributed by atoms with Crippen LogP contribution < -0.4 is 5.32 Å². The van der Waals surface area contributed by atoms with E-state index in [1.807, 2.05) is 4.90 Å². The third-order valence-electron chi connectivity index (χ3n) is 4.46. The highest BCUT2D eigenvalue weighted by Gasteiger charge is 2.26. The van der Waals surface area contributed by atoms with E-state index in [0.29, 0.717) is 6.54 Å². The van der Waals surface area contributed by atoms with Gasteiger partial charge in [0.25, 0.3) is 0 Å². The average Bonchev–Trinajstić information content (AvgIpc) is 3.10. The lowest BCUT2D eigenvalue weighted by atomic mass is 9.97. The fourth-order valence-electron chi connectivity index (χ4n) is 3.45. The summed E-state index contributed by atoms with van der Waals surface area (Å²) in [6, 6.07) is 0. The Hall–Kier alpha value is -0.530. The van der Waals surface area contributed by atoms with Gasteiger partial charge in [-0.25, -0.2) is 0 Å². The number of carbonyl (C=O) groups is 1. The van der Waals surface area contributed by atoms with Crippen LogP contribution in [0.1, 0.15) is 39.5 Å². The highest BCUT2D eigenvalue weighted by atomic mass is 127. The Morgan fingerprint density at radius 3 is 2.50 bits per heavy atom. The van der Waals surface area contributed by atoms with Crippen LogP contribution in [0.4, 0.5) is 0 Å². The fourth-order valence-corrected chi connectivity index (χ4v) is 3.45. The molecule has 0 radical (unpaired) electrons. The molecule has 2 rings (SSSR count). The molecule has 0 bridgehead atoms. The van der Waals surface area contributed by atoms with Gasteiger partial charge in [-0.05, 0) is 37.5 Å². The molecular weight excluding hydrogens is 391 g/mol. The number of rotatable bonds is 4. The number of halogens is 1. The maximum Gasteiger partial charge on any atom is 0.241 e. The minimum atomic E-state index is 0. The van der Waals surface area contributed by atoms with Crippen LogP contribution in [0, 0.1) is 11.8 Å². The predicted molar refractivity (Wildman–Crippen MR) is 102 cm³/mol. The van der Waals surface area contributed by atoms with Crippen LogP contribution in [-0.2, 0) is 4.79 Å². The molecule has 1 unspecified atom stereocenters. The first kappa shape index (κ1) is 19.5. The molecular formula is C16H31IN4O. The SMILES string of the molecule is CN=C(NCC(=O)N1CCCC1)N1CCC(CC(C)C)C1.I. The zero-order valence-electron chi connectivity index (χ0n) is 14.2. The second-order valence-electron chi connectivity index (χ2n) is 6.72. The van der Waals surface area contributed by atoms with Crippen LogP contribution in [-0.4, -0.2) is 61.4 Å². The van der Waals surface area contributed by atoms with E-state index >= 15 is 0 Å². The van der Waals surface area contributed by atoms with Gasteiger partial charge >= 0.3 is 0 Å². The van der Waals surface area contributed by atoms with Crippen molar-refractivity contribution in [1.29, 1.82) is 0 Å². The molecule has 5 nitrogen and oxygen atoms in total. The lowest BCUT2D eigenvalue weighted by molar-refractivity contribution is -0.128. The van der Waals surface area contributed by atoms with Crippen molar-refractivity contribution in [1.82, 2.24) is 15.1 Å². The molecule has 2 aliphatic heterocycles. The number of aliphatic imine (C=N–C) groups is 1. The first-order chi connectivity index (χ1) is 10.1. The molecule has 128 valence electrons. The molecule has 2 aliphatic rings. The number of guanidine groups is 1. The normalized spacial score (nSPS) is 22.2.